The first-order valence-corrected chi connectivity index (χ1v) is 13.2. The van der Waals surface area contributed by atoms with E-state index in [0.29, 0.717) is 28.6 Å². The lowest BCUT2D eigenvalue weighted by atomic mass is 9.97. The van der Waals surface area contributed by atoms with Crippen LogP contribution in [-0.4, -0.2) is 42.3 Å². The zero-order valence-electron chi connectivity index (χ0n) is 23.1. The molecule has 0 aliphatic carbocycles. The van der Waals surface area contributed by atoms with Crippen LogP contribution in [0.5, 0.6) is 23.0 Å². The second-order valence-corrected chi connectivity index (χ2v) is 9.79. The van der Waals surface area contributed by atoms with Crippen LogP contribution in [0, 0.1) is 0 Å². The minimum Gasteiger partial charge on any atom is -0.497 e. The van der Waals surface area contributed by atoms with Crippen LogP contribution in [0.25, 0.3) is 11.1 Å². The maximum absolute atomic E-state index is 13.1. The van der Waals surface area contributed by atoms with Crippen molar-refractivity contribution in [2.24, 2.45) is 0 Å². The third kappa shape index (κ3) is 6.11. The summed E-state index contributed by atoms with van der Waals surface area (Å²) in [4.78, 5) is 26.1. The van der Waals surface area contributed by atoms with Gasteiger partial charge in [-0.1, -0.05) is 54.6 Å². The van der Waals surface area contributed by atoms with Crippen LogP contribution < -0.4 is 14.2 Å². The van der Waals surface area contributed by atoms with E-state index in [1.54, 1.807) is 30.2 Å². The molecule has 1 aliphatic heterocycles. The fourth-order valence-corrected chi connectivity index (χ4v) is 5.03. The van der Waals surface area contributed by atoms with E-state index in [0.717, 1.165) is 22.3 Å². The molecule has 1 aliphatic rings. The first-order valence-electron chi connectivity index (χ1n) is 13.2. The van der Waals surface area contributed by atoms with Gasteiger partial charge in [-0.2, -0.15) is 0 Å². The maximum Gasteiger partial charge on any atom is 0.411 e. The summed E-state index contributed by atoms with van der Waals surface area (Å²) in [5.41, 5.74) is 4.20. The van der Waals surface area contributed by atoms with Gasteiger partial charge in [0.15, 0.2) is 11.5 Å². The van der Waals surface area contributed by atoms with E-state index in [1.165, 1.54) is 7.11 Å². The Morgan fingerprint density at radius 2 is 1.68 bits per heavy atom. The Labute approximate surface area is 238 Å². The van der Waals surface area contributed by atoms with E-state index in [2.05, 4.69) is 0 Å². The molecule has 0 aromatic heterocycles. The SMILES string of the molecule is COc1cccc(-c2ccc(Oc3cc(CC(=O)O)ccc3OC)cc2CN2C(=O)O[C@H](c3ccccc3)[C@@H]2C)c1. The van der Waals surface area contributed by atoms with Crippen molar-refractivity contribution in [2.75, 3.05) is 14.2 Å². The summed E-state index contributed by atoms with van der Waals surface area (Å²) in [6.07, 6.45) is -0.917. The van der Waals surface area contributed by atoms with Crippen LogP contribution in [0.1, 0.15) is 29.7 Å². The minimum absolute atomic E-state index is 0.141. The molecular formula is C33H31NO7. The Hall–Kier alpha value is -4.98. The van der Waals surface area contributed by atoms with Crippen LogP contribution in [0.3, 0.4) is 0 Å². The predicted molar refractivity (Wildman–Crippen MR) is 154 cm³/mol. The number of nitrogens with zero attached hydrogens (tertiary/aromatic N) is 1. The second-order valence-electron chi connectivity index (χ2n) is 9.79. The molecule has 2 atom stereocenters. The molecule has 1 amide bonds. The quantitative estimate of drug-likeness (QED) is 0.229. The molecule has 5 rings (SSSR count). The number of methoxy groups -OCH3 is 2. The monoisotopic (exact) mass is 553 g/mol. The number of carboxylic acid groups (broad SMARTS) is 1. The number of ether oxygens (including phenoxy) is 4. The summed E-state index contributed by atoms with van der Waals surface area (Å²) in [5, 5.41) is 9.23. The molecule has 4 aromatic rings. The molecule has 0 bridgehead atoms. The Morgan fingerprint density at radius 3 is 2.41 bits per heavy atom. The Morgan fingerprint density at radius 1 is 0.878 bits per heavy atom. The Kier molecular flexibility index (Phi) is 8.10. The molecule has 8 heteroatoms. The van der Waals surface area contributed by atoms with Gasteiger partial charge in [-0.25, -0.2) is 4.79 Å². The van der Waals surface area contributed by atoms with Gasteiger partial charge >= 0.3 is 12.1 Å². The van der Waals surface area contributed by atoms with Crippen molar-refractivity contribution in [3.63, 3.8) is 0 Å². The van der Waals surface area contributed by atoms with E-state index in [1.807, 2.05) is 79.7 Å². The van der Waals surface area contributed by atoms with Crippen molar-refractivity contribution < 1.29 is 33.6 Å². The number of cyclic esters (lactones) is 1. The number of benzene rings is 4. The molecule has 0 unspecified atom stereocenters. The van der Waals surface area contributed by atoms with E-state index in [4.69, 9.17) is 18.9 Å². The zero-order chi connectivity index (χ0) is 28.9. The fraction of sp³-hybridized carbons (Fsp3) is 0.212. The molecule has 1 saturated heterocycles. The number of carbonyl (C=O) groups excluding carboxylic acids is 1. The molecular weight excluding hydrogens is 522 g/mol. The number of hydrogen-bond acceptors (Lipinski definition) is 6. The van der Waals surface area contributed by atoms with Crippen molar-refractivity contribution >= 4 is 12.1 Å². The number of rotatable bonds is 10. The maximum atomic E-state index is 13.1. The summed E-state index contributed by atoms with van der Waals surface area (Å²) >= 11 is 0. The van der Waals surface area contributed by atoms with E-state index >= 15 is 0 Å². The molecule has 0 saturated carbocycles. The highest BCUT2D eigenvalue weighted by molar-refractivity contribution is 5.74. The van der Waals surface area contributed by atoms with Crippen molar-refractivity contribution in [3.05, 3.63) is 108 Å². The van der Waals surface area contributed by atoms with Gasteiger partial charge in [0.25, 0.3) is 0 Å². The molecule has 1 fully saturated rings. The van der Waals surface area contributed by atoms with Gasteiger partial charge in [-0.15, -0.1) is 0 Å². The molecule has 1 N–H and O–H groups in total. The van der Waals surface area contributed by atoms with Crippen molar-refractivity contribution in [1.82, 2.24) is 4.90 Å². The molecule has 1 heterocycles. The van der Waals surface area contributed by atoms with Gasteiger partial charge in [0, 0.05) is 0 Å². The van der Waals surface area contributed by atoms with Crippen LogP contribution >= 0.6 is 0 Å². The van der Waals surface area contributed by atoms with E-state index < -0.39 is 12.1 Å². The van der Waals surface area contributed by atoms with Crippen molar-refractivity contribution in [3.8, 4) is 34.1 Å². The van der Waals surface area contributed by atoms with Gasteiger partial charge in [0.05, 0.1) is 33.2 Å². The van der Waals surface area contributed by atoms with Crippen LogP contribution in [-0.2, 0) is 22.5 Å². The highest BCUT2D eigenvalue weighted by Crippen LogP contribution is 2.38. The molecule has 8 nitrogen and oxygen atoms in total. The highest BCUT2D eigenvalue weighted by Gasteiger charge is 2.39. The van der Waals surface area contributed by atoms with Gasteiger partial charge in [0.1, 0.15) is 17.6 Å². The third-order valence-electron chi connectivity index (χ3n) is 7.13. The van der Waals surface area contributed by atoms with Crippen LogP contribution in [0.2, 0.25) is 0 Å². The minimum atomic E-state index is -0.938. The first-order chi connectivity index (χ1) is 19.9. The summed E-state index contributed by atoms with van der Waals surface area (Å²) in [7, 11) is 3.15. The number of aliphatic carboxylic acids is 1. The fourth-order valence-electron chi connectivity index (χ4n) is 5.03. The van der Waals surface area contributed by atoms with Crippen molar-refractivity contribution in [1.29, 1.82) is 0 Å². The van der Waals surface area contributed by atoms with Crippen LogP contribution in [0.4, 0.5) is 4.79 Å². The molecule has 0 radical (unpaired) electrons. The number of amides is 1. The highest BCUT2D eigenvalue weighted by atomic mass is 16.6. The summed E-state index contributed by atoms with van der Waals surface area (Å²) in [6, 6.07) is 27.9. The lowest BCUT2D eigenvalue weighted by molar-refractivity contribution is -0.136. The lowest BCUT2D eigenvalue weighted by Crippen LogP contribution is -2.31. The molecule has 4 aromatic carbocycles. The smallest absolute Gasteiger partial charge is 0.411 e. The summed E-state index contributed by atoms with van der Waals surface area (Å²) in [6.45, 7) is 2.26. The average Bonchev–Trinajstić information content (AvgIpc) is 3.26. The molecule has 41 heavy (non-hydrogen) atoms. The van der Waals surface area contributed by atoms with Gasteiger partial charge < -0.3 is 24.1 Å². The van der Waals surface area contributed by atoms with E-state index in [-0.39, 0.29) is 25.1 Å². The first kappa shape index (κ1) is 27.6. The summed E-state index contributed by atoms with van der Waals surface area (Å²) < 4.78 is 22.9. The van der Waals surface area contributed by atoms with Crippen molar-refractivity contribution in [2.45, 2.75) is 32.0 Å². The summed E-state index contributed by atoms with van der Waals surface area (Å²) in [5.74, 6) is 1.15. The number of hydrogen-bond donors (Lipinski definition) is 1. The van der Waals surface area contributed by atoms with Gasteiger partial charge in [-0.05, 0) is 71.1 Å². The largest absolute Gasteiger partial charge is 0.497 e. The lowest BCUT2D eigenvalue weighted by Gasteiger charge is -2.23. The predicted octanol–water partition coefficient (Wildman–Crippen LogP) is 6.87. The van der Waals surface area contributed by atoms with Gasteiger partial charge in [-0.3, -0.25) is 9.69 Å². The molecule has 210 valence electrons. The Bertz CT molecular complexity index is 1550. The zero-order valence-corrected chi connectivity index (χ0v) is 23.1. The normalized spacial score (nSPS) is 16.3. The van der Waals surface area contributed by atoms with Crippen LogP contribution in [0.15, 0.2) is 91.0 Å². The topological polar surface area (TPSA) is 94.5 Å². The second kappa shape index (κ2) is 12.0. The third-order valence-corrected chi connectivity index (χ3v) is 7.13. The van der Waals surface area contributed by atoms with Gasteiger partial charge in [0.2, 0.25) is 0 Å². The Balaban J connectivity index is 1.51. The number of carboxylic acids is 1. The number of carbonyl (C=O) groups is 2. The average molecular weight is 554 g/mol. The van der Waals surface area contributed by atoms with E-state index in [9.17, 15) is 14.7 Å². The standard InChI is InChI=1S/C33H31NO7/c1-21-32(23-8-5-4-6-9-23)41-33(37)34(21)20-25-19-27(13-14-28(25)24-10-7-11-26(18-24)38-2)40-30-16-22(17-31(35)36)12-15-29(30)39-3/h4-16,18-19,21,32H,17,20H2,1-3H3,(H,35,36)/t21-,32-/m0/s1. The molecule has 0 spiro atoms.